The van der Waals surface area contributed by atoms with Crippen LogP contribution in [0.1, 0.15) is 17.2 Å². The Morgan fingerprint density at radius 2 is 2.00 bits per heavy atom. The molecule has 0 spiro atoms. The molecule has 0 aliphatic carbocycles. The molecule has 0 radical (unpaired) electrons. The van der Waals surface area contributed by atoms with Crippen LogP contribution in [0.25, 0.3) is 0 Å². The maximum atomic E-state index is 6.26. The lowest BCUT2D eigenvalue weighted by Crippen LogP contribution is -2.37. The van der Waals surface area contributed by atoms with Crippen molar-refractivity contribution >= 4 is 11.6 Å². The molecular formula is C16H17ClN2O. The molecule has 0 amide bonds. The topological polar surface area (TPSA) is 25.4 Å². The predicted octanol–water partition coefficient (Wildman–Crippen LogP) is 3.31. The van der Waals surface area contributed by atoms with Crippen LogP contribution in [0.3, 0.4) is 0 Å². The highest BCUT2D eigenvalue weighted by Gasteiger charge is 2.23. The van der Waals surface area contributed by atoms with Crippen LogP contribution in [0.2, 0.25) is 5.02 Å². The fourth-order valence-electron chi connectivity index (χ4n) is 2.52. The Hall–Kier alpha value is -1.42. The lowest BCUT2D eigenvalue weighted by molar-refractivity contribution is -0.0328. The second kappa shape index (κ2) is 6.35. The van der Waals surface area contributed by atoms with E-state index in [1.54, 1.807) is 0 Å². The van der Waals surface area contributed by atoms with E-state index in [0.29, 0.717) is 0 Å². The van der Waals surface area contributed by atoms with Crippen LogP contribution < -0.4 is 0 Å². The Morgan fingerprint density at radius 3 is 2.80 bits per heavy atom. The van der Waals surface area contributed by atoms with Crippen molar-refractivity contribution in [3.8, 4) is 0 Å². The Kier molecular flexibility index (Phi) is 4.31. The van der Waals surface area contributed by atoms with Crippen LogP contribution in [0.15, 0.2) is 48.8 Å². The van der Waals surface area contributed by atoms with E-state index < -0.39 is 0 Å². The maximum Gasteiger partial charge on any atom is 0.0966 e. The molecule has 1 aromatic heterocycles. The summed E-state index contributed by atoms with van der Waals surface area (Å²) in [6, 6.07) is 12.0. The highest BCUT2D eigenvalue weighted by molar-refractivity contribution is 6.31. The molecule has 1 aliphatic rings. The van der Waals surface area contributed by atoms with Gasteiger partial charge in [0, 0.05) is 42.6 Å². The van der Waals surface area contributed by atoms with E-state index in [0.717, 1.165) is 36.8 Å². The first-order chi connectivity index (χ1) is 9.83. The number of rotatable bonds is 3. The van der Waals surface area contributed by atoms with Crippen molar-refractivity contribution in [2.45, 2.75) is 12.6 Å². The molecule has 2 aromatic rings. The molecule has 0 saturated carbocycles. The third kappa shape index (κ3) is 3.18. The maximum absolute atomic E-state index is 6.26. The summed E-state index contributed by atoms with van der Waals surface area (Å²) in [5, 5.41) is 0.781. The van der Waals surface area contributed by atoms with E-state index in [1.807, 2.05) is 36.7 Å². The van der Waals surface area contributed by atoms with E-state index in [4.69, 9.17) is 16.3 Å². The first kappa shape index (κ1) is 13.6. The average molecular weight is 289 g/mol. The summed E-state index contributed by atoms with van der Waals surface area (Å²) in [5.41, 5.74) is 2.36. The summed E-state index contributed by atoms with van der Waals surface area (Å²) in [4.78, 5) is 6.45. The van der Waals surface area contributed by atoms with Crippen molar-refractivity contribution in [1.29, 1.82) is 0 Å². The summed E-state index contributed by atoms with van der Waals surface area (Å²) in [7, 11) is 0. The Bertz CT molecular complexity index is 561. The molecule has 1 aliphatic heterocycles. The van der Waals surface area contributed by atoms with Gasteiger partial charge in [-0.15, -0.1) is 0 Å². The van der Waals surface area contributed by atoms with Gasteiger partial charge in [0.1, 0.15) is 0 Å². The molecule has 4 heteroatoms. The number of nitrogens with zero attached hydrogens (tertiary/aromatic N) is 2. The summed E-state index contributed by atoms with van der Waals surface area (Å²) in [5.74, 6) is 0. The fourth-order valence-corrected chi connectivity index (χ4v) is 2.77. The highest BCUT2D eigenvalue weighted by atomic mass is 35.5. The zero-order chi connectivity index (χ0) is 13.8. The molecule has 1 unspecified atom stereocenters. The van der Waals surface area contributed by atoms with Crippen molar-refractivity contribution in [3.05, 3.63) is 64.9 Å². The monoisotopic (exact) mass is 288 g/mol. The van der Waals surface area contributed by atoms with Crippen LogP contribution in [0.5, 0.6) is 0 Å². The number of hydrogen-bond donors (Lipinski definition) is 0. The van der Waals surface area contributed by atoms with E-state index in [2.05, 4.69) is 22.0 Å². The molecule has 2 heterocycles. The summed E-state index contributed by atoms with van der Waals surface area (Å²) in [6.07, 6.45) is 3.72. The third-order valence-electron chi connectivity index (χ3n) is 3.56. The van der Waals surface area contributed by atoms with E-state index in [1.165, 1.54) is 5.56 Å². The number of pyridine rings is 1. The van der Waals surface area contributed by atoms with Gasteiger partial charge in [0.15, 0.2) is 0 Å². The molecule has 1 aromatic carbocycles. The second-order valence-electron chi connectivity index (χ2n) is 4.97. The predicted molar refractivity (Wildman–Crippen MR) is 79.7 cm³/mol. The lowest BCUT2D eigenvalue weighted by atomic mass is 10.1. The Morgan fingerprint density at radius 1 is 1.20 bits per heavy atom. The molecule has 1 saturated heterocycles. The van der Waals surface area contributed by atoms with E-state index >= 15 is 0 Å². The van der Waals surface area contributed by atoms with E-state index in [-0.39, 0.29) is 6.10 Å². The average Bonchev–Trinajstić information content (AvgIpc) is 2.49. The first-order valence-corrected chi connectivity index (χ1v) is 7.18. The van der Waals surface area contributed by atoms with Crippen LogP contribution >= 0.6 is 11.6 Å². The van der Waals surface area contributed by atoms with Gasteiger partial charge in [0.2, 0.25) is 0 Å². The molecule has 20 heavy (non-hydrogen) atoms. The van der Waals surface area contributed by atoms with Crippen molar-refractivity contribution < 1.29 is 4.74 Å². The van der Waals surface area contributed by atoms with Gasteiger partial charge in [0.25, 0.3) is 0 Å². The van der Waals surface area contributed by atoms with Gasteiger partial charge in [0.05, 0.1) is 12.7 Å². The molecule has 3 nitrogen and oxygen atoms in total. The van der Waals surface area contributed by atoms with Gasteiger partial charge in [-0.1, -0.05) is 29.8 Å². The van der Waals surface area contributed by atoms with Gasteiger partial charge in [-0.25, -0.2) is 0 Å². The molecule has 0 bridgehead atoms. The number of aromatic nitrogens is 1. The minimum Gasteiger partial charge on any atom is -0.371 e. The van der Waals surface area contributed by atoms with Crippen molar-refractivity contribution in [1.82, 2.24) is 9.88 Å². The van der Waals surface area contributed by atoms with Crippen LogP contribution in [-0.2, 0) is 11.3 Å². The minimum atomic E-state index is 0.0549. The minimum absolute atomic E-state index is 0.0549. The zero-order valence-electron chi connectivity index (χ0n) is 11.2. The summed E-state index contributed by atoms with van der Waals surface area (Å²) < 4.78 is 5.87. The fraction of sp³-hybridized carbons (Fsp3) is 0.312. The summed E-state index contributed by atoms with van der Waals surface area (Å²) >= 11 is 6.26. The molecule has 3 rings (SSSR count). The van der Waals surface area contributed by atoms with Crippen LogP contribution in [0, 0.1) is 0 Å². The van der Waals surface area contributed by atoms with Gasteiger partial charge in [-0.3, -0.25) is 9.88 Å². The smallest absolute Gasteiger partial charge is 0.0966 e. The Labute approximate surface area is 124 Å². The quantitative estimate of drug-likeness (QED) is 0.866. The number of benzene rings is 1. The largest absolute Gasteiger partial charge is 0.371 e. The molecular weight excluding hydrogens is 272 g/mol. The second-order valence-corrected chi connectivity index (χ2v) is 5.38. The highest BCUT2D eigenvalue weighted by Crippen LogP contribution is 2.28. The number of morpholine rings is 1. The lowest BCUT2D eigenvalue weighted by Gasteiger charge is -2.33. The summed E-state index contributed by atoms with van der Waals surface area (Å²) in [6.45, 7) is 3.48. The van der Waals surface area contributed by atoms with Gasteiger partial charge in [-0.05, 0) is 23.8 Å². The third-order valence-corrected chi connectivity index (χ3v) is 3.90. The molecule has 104 valence electrons. The van der Waals surface area contributed by atoms with Gasteiger partial charge in [-0.2, -0.15) is 0 Å². The Balaban J connectivity index is 1.69. The SMILES string of the molecule is Clc1ccccc1C1CN(Cc2ccncc2)CCO1. The van der Waals surface area contributed by atoms with Crippen molar-refractivity contribution in [2.24, 2.45) is 0 Å². The van der Waals surface area contributed by atoms with Crippen LogP contribution in [-0.4, -0.2) is 29.6 Å². The molecule has 1 atom stereocenters. The number of hydrogen-bond acceptors (Lipinski definition) is 3. The van der Waals surface area contributed by atoms with E-state index in [9.17, 15) is 0 Å². The normalized spacial score (nSPS) is 19.9. The first-order valence-electron chi connectivity index (χ1n) is 6.80. The number of halogens is 1. The van der Waals surface area contributed by atoms with Crippen molar-refractivity contribution in [3.63, 3.8) is 0 Å². The van der Waals surface area contributed by atoms with Crippen LogP contribution in [0.4, 0.5) is 0 Å². The van der Waals surface area contributed by atoms with Gasteiger partial charge < -0.3 is 4.74 Å². The number of ether oxygens (including phenoxy) is 1. The zero-order valence-corrected chi connectivity index (χ0v) is 12.0. The molecule has 0 N–H and O–H groups in total. The standard InChI is InChI=1S/C16H17ClN2O/c17-15-4-2-1-3-14(15)16-12-19(9-10-20-16)11-13-5-7-18-8-6-13/h1-8,16H,9-12H2. The van der Waals surface area contributed by atoms with Crippen molar-refractivity contribution in [2.75, 3.05) is 19.7 Å². The molecule has 1 fully saturated rings. The van der Waals surface area contributed by atoms with Gasteiger partial charge >= 0.3 is 0 Å².